The molecule has 0 atom stereocenters. The summed E-state index contributed by atoms with van der Waals surface area (Å²) < 4.78 is 11.7. The minimum atomic E-state index is 0.0588. The molecule has 0 radical (unpaired) electrons. The smallest absolute Gasteiger partial charge is 0.300 e. The van der Waals surface area contributed by atoms with Crippen LogP contribution in [0.5, 0.6) is 0 Å². The van der Waals surface area contributed by atoms with Gasteiger partial charge in [0.05, 0.1) is 13.2 Å². The Morgan fingerprint density at radius 3 is 2.44 bits per heavy atom. The van der Waals surface area contributed by atoms with Crippen molar-refractivity contribution in [3.63, 3.8) is 0 Å². The molecular weight excluding hydrogens is 514 g/mol. The predicted molar refractivity (Wildman–Crippen MR) is 162 cm³/mol. The number of oxazole rings is 1. The average molecular weight is 552 g/mol. The summed E-state index contributed by atoms with van der Waals surface area (Å²) in [4.78, 5) is 24.8. The van der Waals surface area contributed by atoms with Crippen LogP contribution in [-0.2, 0) is 4.74 Å². The average Bonchev–Trinajstić information content (AvgIpc) is 3.76. The third kappa shape index (κ3) is 5.29. The Hall–Kier alpha value is -3.88. The molecule has 41 heavy (non-hydrogen) atoms. The van der Waals surface area contributed by atoms with Gasteiger partial charge in [0.2, 0.25) is 0 Å². The molecule has 1 saturated carbocycles. The monoisotopic (exact) mass is 551 g/mol. The van der Waals surface area contributed by atoms with E-state index in [2.05, 4.69) is 46.3 Å². The zero-order valence-corrected chi connectivity index (χ0v) is 23.9. The highest BCUT2D eigenvalue weighted by Crippen LogP contribution is 2.34. The molecule has 1 amide bonds. The molecule has 212 valence electrons. The zero-order chi connectivity index (χ0) is 27.9. The number of benzene rings is 3. The lowest BCUT2D eigenvalue weighted by molar-refractivity contribution is 0.0302. The van der Waals surface area contributed by atoms with E-state index in [1.807, 2.05) is 42.2 Å². The van der Waals surface area contributed by atoms with E-state index in [-0.39, 0.29) is 5.91 Å². The van der Waals surface area contributed by atoms with Crippen LogP contribution in [0.25, 0.3) is 22.2 Å². The van der Waals surface area contributed by atoms with Crippen LogP contribution in [0.1, 0.15) is 34.3 Å². The number of aromatic nitrogens is 1. The number of hydrogen-bond donors (Lipinski definition) is 1. The van der Waals surface area contributed by atoms with Crippen LogP contribution in [0.15, 0.2) is 59.0 Å². The number of fused-ring (bicyclic) bond motifs is 1. The van der Waals surface area contributed by atoms with Gasteiger partial charge in [0.15, 0.2) is 5.58 Å². The summed E-state index contributed by atoms with van der Waals surface area (Å²) in [5, 5.41) is 3.38. The van der Waals surface area contributed by atoms with Gasteiger partial charge in [-0.15, -0.1) is 0 Å². The minimum absolute atomic E-state index is 0.0588. The molecule has 0 unspecified atom stereocenters. The summed E-state index contributed by atoms with van der Waals surface area (Å²) in [6.45, 7) is 11.1. The van der Waals surface area contributed by atoms with Crippen LogP contribution in [-0.4, -0.2) is 79.2 Å². The highest BCUT2D eigenvalue weighted by molar-refractivity contribution is 5.97. The summed E-state index contributed by atoms with van der Waals surface area (Å²) in [6.07, 6.45) is 2.75. The number of carbonyl (C=O) groups excluding carboxylic acids is 1. The van der Waals surface area contributed by atoms with E-state index in [4.69, 9.17) is 14.1 Å². The molecule has 3 aliphatic rings. The van der Waals surface area contributed by atoms with Crippen molar-refractivity contribution in [1.29, 1.82) is 0 Å². The van der Waals surface area contributed by atoms with Crippen LogP contribution >= 0.6 is 0 Å². The van der Waals surface area contributed by atoms with E-state index in [1.54, 1.807) is 0 Å². The van der Waals surface area contributed by atoms with Crippen molar-refractivity contribution < 1.29 is 13.9 Å². The van der Waals surface area contributed by atoms with Gasteiger partial charge in [0.1, 0.15) is 5.52 Å². The number of piperazine rings is 1. The van der Waals surface area contributed by atoms with Crippen LogP contribution < -0.4 is 10.2 Å². The molecule has 3 fully saturated rings. The molecule has 1 N–H and O–H groups in total. The number of ether oxygens (including phenoxy) is 1. The molecule has 3 heterocycles. The maximum Gasteiger partial charge on any atom is 0.300 e. The maximum atomic E-state index is 13.1. The number of aryl methyl sites for hydroxylation is 2. The normalized spacial score (nSPS) is 18.2. The highest BCUT2D eigenvalue weighted by atomic mass is 16.5. The topological polar surface area (TPSA) is 74.1 Å². The summed E-state index contributed by atoms with van der Waals surface area (Å²) in [5.41, 5.74) is 8.64. The number of anilines is 3. The number of amides is 1. The lowest BCUT2D eigenvalue weighted by Gasteiger charge is -2.37. The van der Waals surface area contributed by atoms with Gasteiger partial charge >= 0.3 is 0 Å². The molecule has 8 heteroatoms. The van der Waals surface area contributed by atoms with Gasteiger partial charge in [0.25, 0.3) is 11.9 Å². The molecule has 1 aliphatic carbocycles. The number of nitrogens with one attached hydrogen (secondary N) is 1. The Labute approximate surface area is 240 Å². The maximum absolute atomic E-state index is 13.1. The van der Waals surface area contributed by atoms with Crippen molar-refractivity contribution in [3.05, 3.63) is 71.3 Å². The summed E-state index contributed by atoms with van der Waals surface area (Å²) in [7, 11) is 0. The molecule has 0 bridgehead atoms. The Morgan fingerprint density at radius 2 is 1.71 bits per heavy atom. The summed E-state index contributed by atoms with van der Waals surface area (Å²) >= 11 is 0. The molecule has 2 saturated heterocycles. The Balaban J connectivity index is 1.08. The first kappa shape index (κ1) is 26.0. The number of rotatable bonds is 6. The van der Waals surface area contributed by atoms with Gasteiger partial charge in [-0.25, -0.2) is 0 Å². The van der Waals surface area contributed by atoms with Crippen molar-refractivity contribution in [2.45, 2.75) is 32.7 Å². The van der Waals surface area contributed by atoms with Crippen LogP contribution in [0.4, 0.5) is 17.4 Å². The molecule has 2 aliphatic heterocycles. The van der Waals surface area contributed by atoms with E-state index >= 15 is 0 Å². The summed E-state index contributed by atoms with van der Waals surface area (Å²) in [6, 6.07) is 19.8. The van der Waals surface area contributed by atoms with Crippen molar-refractivity contribution >= 4 is 34.4 Å². The summed E-state index contributed by atoms with van der Waals surface area (Å²) in [5.74, 6) is 0.0588. The fraction of sp³-hybridized carbons (Fsp3) is 0.394. The molecule has 8 nitrogen and oxygen atoms in total. The lowest BCUT2D eigenvalue weighted by Crippen LogP contribution is -2.47. The largest absolute Gasteiger partial charge is 0.423 e. The van der Waals surface area contributed by atoms with Crippen LogP contribution in [0.2, 0.25) is 0 Å². The van der Waals surface area contributed by atoms with E-state index < -0.39 is 0 Å². The fourth-order valence-electron chi connectivity index (χ4n) is 6.22. The molecule has 1 aromatic heterocycles. The first-order valence-electron chi connectivity index (χ1n) is 14.8. The number of morpholine rings is 1. The first-order chi connectivity index (χ1) is 20.0. The molecule has 0 spiro atoms. The number of para-hydroxylation sites is 1. The lowest BCUT2D eigenvalue weighted by atomic mass is 9.98. The Bertz CT molecular complexity index is 1580. The van der Waals surface area contributed by atoms with Gasteiger partial charge in [-0.3, -0.25) is 9.69 Å². The zero-order valence-electron chi connectivity index (χ0n) is 23.9. The van der Waals surface area contributed by atoms with E-state index in [0.29, 0.717) is 32.3 Å². The highest BCUT2D eigenvalue weighted by Gasteiger charge is 2.31. The van der Waals surface area contributed by atoms with E-state index in [1.165, 1.54) is 24.1 Å². The van der Waals surface area contributed by atoms with Crippen molar-refractivity contribution in [1.82, 2.24) is 14.8 Å². The number of hydrogen-bond acceptors (Lipinski definition) is 7. The molecule has 4 aromatic rings. The second kappa shape index (κ2) is 10.8. The molecule has 7 rings (SSSR count). The predicted octanol–water partition coefficient (Wildman–Crippen LogP) is 5.61. The third-order valence-corrected chi connectivity index (χ3v) is 8.65. The van der Waals surface area contributed by atoms with Crippen molar-refractivity contribution in [2.75, 3.05) is 62.7 Å². The Morgan fingerprint density at radius 1 is 0.902 bits per heavy atom. The Kier molecular flexibility index (Phi) is 6.88. The molecule has 3 aromatic carbocycles. The quantitative estimate of drug-likeness (QED) is 0.334. The fourth-order valence-corrected chi connectivity index (χ4v) is 6.22. The van der Waals surface area contributed by atoms with Crippen LogP contribution in [0.3, 0.4) is 0 Å². The van der Waals surface area contributed by atoms with Gasteiger partial charge in [-0.2, -0.15) is 4.98 Å². The second-order valence-electron chi connectivity index (χ2n) is 11.5. The standard InChI is InChI=1S/C33H37N5O3/c1-22-20-24(6-10-27(22)32(39)38-16-18-40-19-17-38)28-4-3-5-29-31(28)41-33(35-29)34-25-7-11-30(23(2)21-25)37-14-12-36(13-15-37)26-8-9-26/h3-7,10-11,20-21,26H,8-9,12-19H2,1-2H3,(H,34,35). The molecular formula is C33H37N5O3. The third-order valence-electron chi connectivity index (χ3n) is 8.65. The van der Waals surface area contributed by atoms with Gasteiger partial charge < -0.3 is 24.3 Å². The number of carbonyl (C=O) groups is 1. The van der Waals surface area contributed by atoms with Gasteiger partial charge in [0, 0.05) is 67.8 Å². The van der Waals surface area contributed by atoms with Crippen molar-refractivity contribution in [3.8, 4) is 11.1 Å². The van der Waals surface area contributed by atoms with E-state index in [0.717, 1.165) is 71.3 Å². The minimum Gasteiger partial charge on any atom is -0.423 e. The SMILES string of the molecule is Cc1cc(-c2cccc3nc(Nc4ccc(N5CCN(C6CC6)CC5)c(C)c4)oc23)ccc1C(=O)N1CCOCC1. The van der Waals surface area contributed by atoms with Crippen molar-refractivity contribution in [2.24, 2.45) is 0 Å². The van der Waals surface area contributed by atoms with Crippen LogP contribution in [0, 0.1) is 13.8 Å². The number of nitrogens with zero attached hydrogens (tertiary/aromatic N) is 4. The first-order valence-corrected chi connectivity index (χ1v) is 14.8. The second-order valence-corrected chi connectivity index (χ2v) is 11.5. The van der Waals surface area contributed by atoms with Gasteiger partial charge in [-0.1, -0.05) is 24.3 Å². The van der Waals surface area contributed by atoms with E-state index in [9.17, 15) is 4.79 Å². The van der Waals surface area contributed by atoms with Gasteiger partial charge in [-0.05, 0) is 73.7 Å².